The third-order valence-corrected chi connectivity index (χ3v) is 4.64. The van der Waals surface area contributed by atoms with Gasteiger partial charge in [0.1, 0.15) is 0 Å². The molecule has 1 aromatic heterocycles. The fourth-order valence-corrected chi connectivity index (χ4v) is 3.38. The first-order valence-corrected chi connectivity index (χ1v) is 9.00. The summed E-state index contributed by atoms with van der Waals surface area (Å²) in [6.45, 7) is 10.9. The second-order valence-electron chi connectivity index (χ2n) is 4.99. The average molecular weight is 348 g/mol. The van der Waals surface area contributed by atoms with Gasteiger partial charge in [0, 0.05) is 12.3 Å². The minimum atomic E-state index is 0.371. The number of hydrogen-bond acceptors (Lipinski definition) is 3. The molecule has 0 fully saturated rings. The summed E-state index contributed by atoms with van der Waals surface area (Å²) in [4.78, 5) is 0. The van der Waals surface area contributed by atoms with Crippen LogP contribution in [0, 0.1) is 0 Å². The molecular formula is C14H26BrN3S. The van der Waals surface area contributed by atoms with Crippen molar-refractivity contribution in [2.45, 2.75) is 58.4 Å². The van der Waals surface area contributed by atoms with Crippen molar-refractivity contribution >= 4 is 27.7 Å². The van der Waals surface area contributed by atoms with Crippen LogP contribution in [0.4, 0.5) is 0 Å². The molecule has 5 heteroatoms. The van der Waals surface area contributed by atoms with Gasteiger partial charge in [0.25, 0.3) is 0 Å². The number of rotatable bonds is 9. The van der Waals surface area contributed by atoms with Gasteiger partial charge < -0.3 is 5.32 Å². The van der Waals surface area contributed by atoms with Gasteiger partial charge in [-0.3, -0.25) is 4.68 Å². The fourth-order valence-electron chi connectivity index (χ4n) is 1.95. The number of thioether (sulfide) groups is 1. The lowest BCUT2D eigenvalue weighted by molar-refractivity contribution is 0.497. The number of nitrogens with one attached hydrogen (secondary N) is 1. The van der Waals surface area contributed by atoms with Crippen LogP contribution in [0.3, 0.4) is 0 Å². The van der Waals surface area contributed by atoms with Crippen LogP contribution in [0.2, 0.25) is 0 Å². The maximum atomic E-state index is 4.48. The monoisotopic (exact) mass is 347 g/mol. The Bertz CT molecular complexity index is 366. The SMILES string of the molecule is CCCNC(CSC(C)C)c1c(Br)cnn1CCC. The highest BCUT2D eigenvalue weighted by Crippen LogP contribution is 2.27. The van der Waals surface area contributed by atoms with Gasteiger partial charge in [-0.05, 0) is 40.6 Å². The molecule has 0 aliphatic heterocycles. The predicted molar refractivity (Wildman–Crippen MR) is 88.8 cm³/mol. The molecule has 0 bridgehead atoms. The lowest BCUT2D eigenvalue weighted by Crippen LogP contribution is -2.27. The lowest BCUT2D eigenvalue weighted by Gasteiger charge is -2.21. The standard InChI is InChI=1S/C14H26BrN3S/c1-5-7-16-13(10-19-11(3)4)14-12(15)9-17-18(14)8-6-2/h9,11,13,16H,5-8,10H2,1-4H3. The van der Waals surface area contributed by atoms with Crippen molar-refractivity contribution in [2.24, 2.45) is 0 Å². The third kappa shape index (κ3) is 5.48. The van der Waals surface area contributed by atoms with Crippen molar-refractivity contribution in [2.75, 3.05) is 12.3 Å². The van der Waals surface area contributed by atoms with E-state index in [1.807, 2.05) is 18.0 Å². The van der Waals surface area contributed by atoms with Crippen molar-refractivity contribution in [3.05, 3.63) is 16.4 Å². The molecule has 1 aromatic rings. The summed E-state index contributed by atoms with van der Waals surface area (Å²) in [7, 11) is 0. The topological polar surface area (TPSA) is 29.9 Å². The summed E-state index contributed by atoms with van der Waals surface area (Å²) < 4.78 is 3.26. The van der Waals surface area contributed by atoms with Crippen molar-refractivity contribution in [1.82, 2.24) is 15.1 Å². The van der Waals surface area contributed by atoms with Gasteiger partial charge >= 0.3 is 0 Å². The molecule has 0 aliphatic rings. The van der Waals surface area contributed by atoms with Gasteiger partial charge in [0.2, 0.25) is 0 Å². The zero-order valence-corrected chi connectivity index (χ0v) is 14.9. The Balaban J connectivity index is 2.84. The van der Waals surface area contributed by atoms with Crippen molar-refractivity contribution < 1.29 is 0 Å². The molecule has 1 N–H and O–H groups in total. The van der Waals surface area contributed by atoms with E-state index in [0.717, 1.165) is 36.2 Å². The first-order valence-electron chi connectivity index (χ1n) is 7.16. The Labute approximate surface area is 130 Å². The van der Waals surface area contributed by atoms with E-state index in [1.54, 1.807) is 0 Å². The summed E-state index contributed by atoms with van der Waals surface area (Å²) in [6.07, 6.45) is 4.19. The molecule has 0 aromatic carbocycles. The Morgan fingerprint density at radius 3 is 2.68 bits per heavy atom. The Morgan fingerprint density at radius 1 is 1.37 bits per heavy atom. The second-order valence-corrected chi connectivity index (χ2v) is 7.45. The molecule has 0 radical (unpaired) electrons. The highest BCUT2D eigenvalue weighted by Gasteiger charge is 2.19. The summed E-state index contributed by atoms with van der Waals surface area (Å²) in [6, 6.07) is 0.371. The molecule has 0 aliphatic carbocycles. The molecule has 1 heterocycles. The van der Waals surface area contributed by atoms with E-state index in [2.05, 4.69) is 58.7 Å². The minimum absolute atomic E-state index is 0.371. The second kappa shape index (κ2) is 9.03. The van der Waals surface area contributed by atoms with E-state index in [9.17, 15) is 0 Å². The fraction of sp³-hybridized carbons (Fsp3) is 0.786. The average Bonchev–Trinajstić information content (AvgIpc) is 2.72. The number of aromatic nitrogens is 2. The van der Waals surface area contributed by atoms with Crippen LogP contribution in [-0.2, 0) is 6.54 Å². The number of halogens is 1. The van der Waals surface area contributed by atoms with E-state index >= 15 is 0 Å². The summed E-state index contributed by atoms with van der Waals surface area (Å²) >= 11 is 5.65. The Kier molecular flexibility index (Phi) is 8.11. The minimum Gasteiger partial charge on any atom is -0.308 e. The van der Waals surface area contributed by atoms with Gasteiger partial charge in [0.15, 0.2) is 0 Å². The number of hydrogen-bond donors (Lipinski definition) is 1. The van der Waals surface area contributed by atoms with Gasteiger partial charge in [-0.2, -0.15) is 16.9 Å². The van der Waals surface area contributed by atoms with Crippen LogP contribution < -0.4 is 5.32 Å². The molecule has 19 heavy (non-hydrogen) atoms. The molecule has 0 amide bonds. The van der Waals surface area contributed by atoms with Gasteiger partial charge in [-0.15, -0.1) is 0 Å². The highest BCUT2D eigenvalue weighted by molar-refractivity contribution is 9.10. The smallest absolute Gasteiger partial charge is 0.0704 e. The molecule has 1 atom stereocenters. The quantitative estimate of drug-likeness (QED) is 0.724. The molecular weight excluding hydrogens is 322 g/mol. The van der Waals surface area contributed by atoms with E-state index < -0.39 is 0 Å². The molecule has 3 nitrogen and oxygen atoms in total. The van der Waals surface area contributed by atoms with Gasteiger partial charge in [0.05, 0.1) is 22.4 Å². The van der Waals surface area contributed by atoms with Crippen molar-refractivity contribution in [3.8, 4) is 0 Å². The maximum absolute atomic E-state index is 4.48. The largest absolute Gasteiger partial charge is 0.308 e. The van der Waals surface area contributed by atoms with Gasteiger partial charge in [-0.25, -0.2) is 0 Å². The number of nitrogens with zero attached hydrogens (tertiary/aromatic N) is 2. The molecule has 0 saturated heterocycles. The normalized spacial score (nSPS) is 13.2. The molecule has 0 saturated carbocycles. The van der Waals surface area contributed by atoms with Crippen LogP contribution in [0.15, 0.2) is 10.7 Å². The van der Waals surface area contributed by atoms with Crippen LogP contribution in [0.5, 0.6) is 0 Å². The maximum Gasteiger partial charge on any atom is 0.0704 e. The highest BCUT2D eigenvalue weighted by atomic mass is 79.9. The zero-order valence-electron chi connectivity index (χ0n) is 12.4. The van der Waals surface area contributed by atoms with E-state index in [4.69, 9.17) is 0 Å². The third-order valence-electron chi connectivity index (χ3n) is 2.84. The van der Waals surface area contributed by atoms with E-state index in [-0.39, 0.29) is 0 Å². The summed E-state index contributed by atoms with van der Waals surface area (Å²) in [5.41, 5.74) is 1.29. The summed E-state index contributed by atoms with van der Waals surface area (Å²) in [5, 5.41) is 8.80. The predicted octanol–water partition coefficient (Wildman–Crippen LogP) is 4.24. The number of aryl methyl sites for hydroxylation is 1. The van der Waals surface area contributed by atoms with Crippen LogP contribution in [-0.4, -0.2) is 27.3 Å². The molecule has 110 valence electrons. The van der Waals surface area contributed by atoms with Gasteiger partial charge in [-0.1, -0.05) is 27.7 Å². The van der Waals surface area contributed by atoms with Crippen LogP contribution in [0.25, 0.3) is 0 Å². The summed E-state index contributed by atoms with van der Waals surface area (Å²) in [5.74, 6) is 1.09. The van der Waals surface area contributed by atoms with Crippen molar-refractivity contribution in [1.29, 1.82) is 0 Å². The Hall–Kier alpha value is 0. The van der Waals surface area contributed by atoms with Crippen LogP contribution in [0.1, 0.15) is 52.3 Å². The van der Waals surface area contributed by atoms with Crippen LogP contribution >= 0.6 is 27.7 Å². The molecule has 0 spiro atoms. The first kappa shape index (κ1) is 17.1. The molecule has 1 unspecified atom stereocenters. The Morgan fingerprint density at radius 2 is 2.11 bits per heavy atom. The first-order chi connectivity index (χ1) is 9.10. The zero-order chi connectivity index (χ0) is 14.3. The lowest BCUT2D eigenvalue weighted by atomic mass is 10.2. The van der Waals surface area contributed by atoms with Crippen molar-refractivity contribution in [3.63, 3.8) is 0 Å². The van der Waals surface area contributed by atoms with E-state index in [0.29, 0.717) is 11.3 Å². The van der Waals surface area contributed by atoms with E-state index in [1.165, 1.54) is 5.69 Å². The molecule has 1 rings (SSSR count).